The van der Waals surface area contributed by atoms with Gasteiger partial charge in [0.2, 0.25) is 0 Å². The summed E-state index contributed by atoms with van der Waals surface area (Å²) in [5.74, 6) is -0.320. The van der Waals surface area contributed by atoms with E-state index in [1.165, 1.54) is 11.6 Å². The van der Waals surface area contributed by atoms with E-state index in [0.29, 0.717) is 10.6 Å². The van der Waals surface area contributed by atoms with Crippen molar-refractivity contribution in [2.75, 3.05) is 0 Å². The van der Waals surface area contributed by atoms with Crippen molar-refractivity contribution in [3.8, 4) is 0 Å². The molecule has 2 rings (SSSR count). The molecule has 0 amide bonds. The molecule has 0 aliphatic carbocycles. The zero-order valence-corrected chi connectivity index (χ0v) is 11.4. The molecule has 0 spiro atoms. The van der Waals surface area contributed by atoms with Gasteiger partial charge in [0.1, 0.15) is 5.82 Å². The quantitative estimate of drug-likeness (QED) is 0.855. The van der Waals surface area contributed by atoms with Crippen LogP contribution in [0.25, 0.3) is 0 Å². The van der Waals surface area contributed by atoms with Crippen LogP contribution in [-0.4, -0.2) is 0 Å². The van der Waals surface area contributed by atoms with E-state index in [9.17, 15) is 4.39 Å². The Morgan fingerprint density at radius 2 is 1.84 bits per heavy atom. The zero-order chi connectivity index (χ0) is 13.7. The number of hydrogen-bond acceptors (Lipinski definition) is 1. The summed E-state index contributed by atoms with van der Waals surface area (Å²) in [7, 11) is 0. The Kier molecular flexibility index (Phi) is 4.94. The Bertz CT molecular complexity index is 528. The summed E-state index contributed by atoms with van der Waals surface area (Å²) in [6.07, 6.45) is 2.66. The smallest absolute Gasteiger partial charge is 0.129 e. The van der Waals surface area contributed by atoms with Crippen molar-refractivity contribution in [2.45, 2.75) is 25.3 Å². The summed E-state index contributed by atoms with van der Waals surface area (Å²) in [6.45, 7) is 0. The Balaban J connectivity index is 1.89. The average Bonchev–Trinajstić information content (AvgIpc) is 2.39. The normalized spacial score (nSPS) is 12.4. The Morgan fingerprint density at radius 1 is 1.11 bits per heavy atom. The van der Waals surface area contributed by atoms with Crippen LogP contribution < -0.4 is 5.73 Å². The number of nitrogens with two attached hydrogens (primary N) is 1. The fraction of sp³-hybridized carbons (Fsp3) is 0.250. The second-order valence-corrected chi connectivity index (χ2v) is 5.09. The van der Waals surface area contributed by atoms with E-state index in [2.05, 4.69) is 12.1 Å². The van der Waals surface area contributed by atoms with E-state index < -0.39 is 0 Å². The molecule has 0 saturated carbocycles. The van der Waals surface area contributed by atoms with Crippen molar-refractivity contribution in [3.05, 3.63) is 70.5 Å². The second-order valence-electron chi connectivity index (χ2n) is 4.65. The minimum atomic E-state index is -0.320. The van der Waals surface area contributed by atoms with Crippen LogP contribution in [0, 0.1) is 5.82 Å². The first-order valence-electron chi connectivity index (χ1n) is 6.41. The molecule has 1 atom stereocenters. The summed E-state index contributed by atoms with van der Waals surface area (Å²) in [5, 5.41) is 0.401. The molecular weight excluding hydrogens is 261 g/mol. The van der Waals surface area contributed by atoms with Crippen molar-refractivity contribution >= 4 is 11.6 Å². The molecule has 0 radical (unpaired) electrons. The predicted molar refractivity (Wildman–Crippen MR) is 77.7 cm³/mol. The first kappa shape index (κ1) is 14.0. The van der Waals surface area contributed by atoms with Crippen LogP contribution in [-0.2, 0) is 6.42 Å². The number of benzene rings is 2. The van der Waals surface area contributed by atoms with Crippen LogP contribution in [0.3, 0.4) is 0 Å². The first-order chi connectivity index (χ1) is 9.16. The molecule has 100 valence electrons. The molecule has 0 aromatic heterocycles. The molecular formula is C16H17ClFN. The van der Waals surface area contributed by atoms with Crippen molar-refractivity contribution in [1.82, 2.24) is 0 Å². The lowest BCUT2D eigenvalue weighted by molar-refractivity contribution is 0.551. The maximum atomic E-state index is 13.7. The third-order valence-corrected chi connectivity index (χ3v) is 3.42. The van der Waals surface area contributed by atoms with Crippen molar-refractivity contribution in [2.24, 2.45) is 5.73 Å². The number of aryl methyl sites for hydroxylation is 1. The van der Waals surface area contributed by atoms with Crippen molar-refractivity contribution in [3.63, 3.8) is 0 Å². The highest BCUT2D eigenvalue weighted by atomic mass is 35.5. The predicted octanol–water partition coefficient (Wildman–Crippen LogP) is 4.50. The maximum absolute atomic E-state index is 13.7. The SMILES string of the molecule is NC(CCCc1ccccc1)c1ccc(Cl)cc1F. The molecule has 0 heterocycles. The van der Waals surface area contributed by atoms with Gasteiger partial charge in [-0.1, -0.05) is 48.0 Å². The molecule has 2 N–H and O–H groups in total. The van der Waals surface area contributed by atoms with Crippen LogP contribution in [0.2, 0.25) is 5.02 Å². The summed E-state index contributed by atoms with van der Waals surface area (Å²) in [5.41, 5.74) is 7.85. The Morgan fingerprint density at radius 3 is 2.53 bits per heavy atom. The van der Waals surface area contributed by atoms with Crippen molar-refractivity contribution < 1.29 is 4.39 Å². The summed E-state index contributed by atoms with van der Waals surface area (Å²) in [6, 6.07) is 14.6. The molecule has 1 unspecified atom stereocenters. The summed E-state index contributed by atoms with van der Waals surface area (Å²) in [4.78, 5) is 0. The van der Waals surface area contributed by atoms with Crippen LogP contribution >= 0.6 is 11.6 Å². The molecule has 0 aliphatic heterocycles. The molecule has 1 nitrogen and oxygen atoms in total. The number of hydrogen-bond donors (Lipinski definition) is 1. The molecule has 0 saturated heterocycles. The van der Waals surface area contributed by atoms with Gasteiger partial charge in [-0.15, -0.1) is 0 Å². The van der Waals surface area contributed by atoms with E-state index in [0.717, 1.165) is 19.3 Å². The van der Waals surface area contributed by atoms with Crippen molar-refractivity contribution in [1.29, 1.82) is 0 Å². The van der Waals surface area contributed by atoms with E-state index >= 15 is 0 Å². The molecule has 0 bridgehead atoms. The number of halogens is 2. The molecule has 0 fully saturated rings. The molecule has 2 aromatic carbocycles. The zero-order valence-electron chi connectivity index (χ0n) is 10.7. The van der Waals surface area contributed by atoms with Gasteiger partial charge < -0.3 is 5.73 Å². The fourth-order valence-electron chi connectivity index (χ4n) is 2.13. The Hall–Kier alpha value is -1.38. The molecule has 3 heteroatoms. The lowest BCUT2D eigenvalue weighted by atomic mass is 9.99. The highest BCUT2D eigenvalue weighted by Gasteiger charge is 2.11. The summed E-state index contributed by atoms with van der Waals surface area (Å²) < 4.78 is 13.7. The van der Waals surface area contributed by atoms with E-state index in [1.807, 2.05) is 18.2 Å². The van der Waals surface area contributed by atoms with Gasteiger partial charge in [0.25, 0.3) is 0 Å². The van der Waals surface area contributed by atoms with Crippen LogP contribution in [0.5, 0.6) is 0 Å². The monoisotopic (exact) mass is 277 g/mol. The van der Waals surface area contributed by atoms with Gasteiger partial charge in [-0.3, -0.25) is 0 Å². The van der Waals surface area contributed by atoms with Crippen LogP contribution in [0.1, 0.15) is 30.0 Å². The largest absolute Gasteiger partial charge is 0.324 e. The van der Waals surface area contributed by atoms with E-state index in [4.69, 9.17) is 17.3 Å². The van der Waals surface area contributed by atoms with Gasteiger partial charge in [0.15, 0.2) is 0 Å². The van der Waals surface area contributed by atoms with Gasteiger partial charge in [-0.2, -0.15) is 0 Å². The average molecular weight is 278 g/mol. The Labute approximate surface area is 118 Å². The number of rotatable bonds is 5. The maximum Gasteiger partial charge on any atom is 0.129 e. The summed E-state index contributed by atoms with van der Waals surface area (Å²) >= 11 is 5.73. The standard InChI is InChI=1S/C16H17ClFN/c17-13-9-10-14(15(18)11-13)16(19)8-4-7-12-5-2-1-3-6-12/h1-3,5-6,9-11,16H,4,7-8,19H2. The van der Waals surface area contributed by atoms with Crippen LogP contribution in [0.15, 0.2) is 48.5 Å². The highest BCUT2D eigenvalue weighted by molar-refractivity contribution is 6.30. The molecule has 0 aliphatic rings. The van der Waals surface area contributed by atoms with E-state index in [-0.39, 0.29) is 11.9 Å². The lowest BCUT2D eigenvalue weighted by Crippen LogP contribution is -2.12. The fourth-order valence-corrected chi connectivity index (χ4v) is 2.29. The molecule has 2 aromatic rings. The lowest BCUT2D eigenvalue weighted by Gasteiger charge is -2.13. The topological polar surface area (TPSA) is 26.0 Å². The van der Waals surface area contributed by atoms with Gasteiger partial charge in [0.05, 0.1) is 0 Å². The minimum Gasteiger partial charge on any atom is -0.324 e. The van der Waals surface area contributed by atoms with Gasteiger partial charge in [0, 0.05) is 16.6 Å². The van der Waals surface area contributed by atoms with Gasteiger partial charge in [-0.05, 0) is 37.0 Å². The first-order valence-corrected chi connectivity index (χ1v) is 6.79. The minimum absolute atomic E-state index is 0.277. The second kappa shape index (κ2) is 6.69. The van der Waals surface area contributed by atoms with E-state index in [1.54, 1.807) is 12.1 Å². The third-order valence-electron chi connectivity index (χ3n) is 3.19. The highest BCUT2D eigenvalue weighted by Crippen LogP contribution is 2.23. The van der Waals surface area contributed by atoms with Gasteiger partial charge >= 0.3 is 0 Å². The van der Waals surface area contributed by atoms with Crippen LogP contribution in [0.4, 0.5) is 4.39 Å². The van der Waals surface area contributed by atoms with Gasteiger partial charge in [-0.25, -0.2) is 4.39 Å². The third kappa shape index (κ3) is 4.05. The molecule has 19 heavy (non-hydrogen) atoms.